The summed E-state index contributed by atoms with van der Waals surface area (Å²) in [7, 11) is 0. The van der Waals surface area contributed by atoms with Gasteiger partial charge >= 0.3 is 0 Å². The summed E-state index contributed by atoms with van der Waals surface area (Å²) in [4.78, 5) is 0. The van der Waals surface area contributed by atoms with E-state index in [1.165, 1.54) is 25.8 Å². The standard InChI is InChI=1S/C14H31N/c1-7-8-9-13(6)15-10-14(11(2)3)12(4)5/h11-15H,7-10H2,1-6H3. The Labute approximate surface area is 97.0 Å². The summed E-state index contributed by atoms with van der Waals surface area (Å²) in [5.74, 6) is 2.39. The van der Waals surface area contributed by atoms with Gasteiger partial charge in [-0.1, -0.05) is 47.5 Å². The van der Waals surface area contributed by atoms with E-state index < -0.39 is 0 Å². The van der Waals surface area contributed by atoms with Gasteiger partial charge in [-0.2, -0.15) is 0 Å². The largest absolute Gasteiger partial charge is 0.314 e. The molecule has 92 valence electrons. The molecule has 0 fully saturated rings. The fourth-order valence-electron chi connectivity index (χ4n) is 2.19. The Kier molecular flexibility index (Phi) is 8.13. The summed E-state index contributed by atoms with van der Waals surface area (Å²) in [6.45, 7) is 15.1. The molecule has 1 unspecified atom stereocenters. The van der Waals surface area contributed by atoms with Crippen LogP contribution in [0.1, 0.15) is 60.8 Å². The van der Waals surface area contributed by atoms with Crippen molar-refractivity contribution >= 4 is 0 Å². The molecule has 0 heterocycles. The summed E-state index contributed by atoms with van der Waals surface area (Å²) < 4.78 is 0. The molecule has 0 saturated heterocycles. The van der Waals surface area contributed by atoms with E-state index in [2.05, 4.69) is 46.9 Å². The van der Waals surface area contributed by atoms with Crippen LogP contribution in [0.5, 0.6) is 0 Å². The molecule has 0 aliphatic heterocycles. The molecule has 0 bridgehead atoms. The molecule has 0 spiro atoms. The average molecular weight is 213 g/mol. The van der Waals surface area contributed by atoms with Crippen molar-refractivity contribution in [2.75, 3.05) is 6.54 Å². The quantitative estimate of drug-likeness (QED) is 0.640. The van der Waals surface area contributed by atoms with E-state index >= 15 is 0 Å². The number of hydrogen-bond acceptors (Lipinski definition) is 1. The van der Waals surface area contributed by atoms with Crippen molar-refractivity contribution < 1.29 is 0 Å². The molecule has 0 aromatic carbocycles. The highest BCUT2D eigenvalue weighted by Crippen LogP contribution is 2.19. The van der Waals surface area contributed by atoms with E-state index in [0.29, 0.717) is 6.04 Å². The van der Waals surface area contributed by atoms with Crippen LogP contribution in [0.4, 0.5) is 0 Å². The molecule has 1 heteroatoms. The van der Waals surface area contributed by atoms with E-state index in [4.69, 9.17) is 0 Å². The third kappa shape index (κ3) is 6.94. The van der Waals surface area contributed by atoms with Crippen LogP contribution in [0, 0.1) is 17.8 Å². The van der Waals surface area contributed by atoms with E-state index in [9.17, 15) is 0 Å². The van der Waals surface area contributed by atoms with Crippen molar-refractivity contribution in [3.05, 3.63) is 0 Å². The monoisotopic (exact) mass is 213 g/mol. The molecule has 0 rings (SSSR count). The van der Waals surface area contributed by atoms with Gasteiger partial charge in [-0.25, -0.2) is 0 Å². The Morgan fingerprint density at radius 3 is 1.87 bits per heavy atom. The predicted octanol–water partition coefficient (Wildman–Crippen LogP) is 4.08. The van der Waals surface area contributed by atoms with Crippen molar-refractivity contribution in [3.8, 4) is 0 Å². The minimum atomic E-state index is 0.685. The first-order valence-electron chi connectivity index (χ1n) is 6.72. The highest BCUT2D eigenvalue weighted by molar-refractivity contribution is 4.71. The zero-order valence-electron chi connectivity index (χ0n) is 11.6. The Morgan fingerprint density at radius 1 is 0.933 bits per heavy atom. The minimum absolute atomic E-state index is 0.685. The van der Waals surface area contributed by atoms with Crippen LogP contribution in [-0.2, 0) is 0 Å². The molecule has 1 N–H and O–H groups in total. The van der Waals surface area contributed by atoms with Crippen LogP contribution in [0.15, 0.2) is 0 Å². The molecule has 0 aromatic heterocycles. The first-order chi connectivity index (χ1) is 6.99. The Hall–Kier alpha value is -0.0400. The van der Waals surface area contributed by atoms with Crippen molar-refractivity contribution in [2.24, 2.45) is 17.8 Å². The van der Waals surface area contributed by atoms with Crippen molar-refractivity contribution in [3.63, 3.8) is 0 Å². The summed E-state index contributed by atoms with van der Waals surface area (Å²) in [5.41, 5.74) is 0. The van der Waals surface area contributed by atoms with E-state index in [0.717, 1.165) is 17.8 Å². The highest BCUT2D eigenvalue weighted by Gasteiger charge is 2.17. The third-order valence-electron chi connectivity index (χ3n) is 3.41. The molecule has 0 aromatic rings. The summed E-state index contributed by atoms with van der Waals surface area (Å²) >= 11 is 0. The van der Waals surface area contributed by atoms with Crippen LogP contribution in [-0.4, -0.2) is 12.6 Å². The first kappa shape index (κ1) is 15.0. The molecule has 0 aliphatic rings. The van der Waals surface area contributed by atoms with Gasteiger partial charge in [0.05, 0.1) is 0 Å². The first-order valence-corrected chi connectivity index (χ1v) is 6.72. The van der Waals surface area contributed by atoms with E-state index in [1.807, 2.05) is 0 Å². The lowest BCUT2D eigenvalue weighted by atomic mass is 9.85. The number of unbranched alkanes of at least 4 members (excludes halogenated alkanes) is 1. The fourth-order valence-corrected chi connectivity index (χ4v) is 2.19. The molecule has 15 heavy (non-hydrogen) atoms. The summed E-state index contributed by atoms with van der Waals surface area (Å²) in [6, 6.07) is 0.685. The zero-order chi connectivity index (χ0) is 11.8. The second-order valence-electron chi connectivity index (χ2n) is 5.60. The van der Waals surface area contributed by atoms with Gasteiger partial charge in [0, 0.05) is 6.04 Å². The van der Waals surface area contributed by atoms with Gasteiger partial charge in [0.2, 0.25) is 0 Å². The number of rotatable bonds is 8. The lowest BCUT2D eigenvalue weighted by Gasteiger charge is -2.27. The smallest absolute Gasteiger partial charge is 0.00388 e. The Morgan fingerprint density at radius 2 is 1.47 bits per heavy atom. The van der Waals surface area contributed by atoms with E-state index in [-0.39, 0.29) is 0 Å². The molecule has 0 aliphatic carbocycles. The van der Waals surface area contributed by atoms with Crippen LogP contribution in [0.3, 0.4) is 0 Å². The van der Waals surface area contributed by atoms with E-state index in [1.54, 1.807) is 0 Å². The third-order valence-corrected chi connectivity index (χ3v) is 3.41. The lowest BCUT2D eigenvalue weighted by molar-refractivity contribution is 0.265. The SMILES string of the molecule is CCCCC(C)NCC(C(C)C)C(C)C. The fraction of sp³-hybridized carbons (Fsp3) is 1.00. The predicted molar refractivity (Wildman–Crippen MR) is 70.2 cm³/mol. The van der Waals surface area contributed by atoms with Crippen molar-refractivity contribution in [1.29, 1.82) is 0 Å². The summed E-state index contributed by atoms with van der Waals surface area (Å²) in [5, 5.41) is 3.68. The van der Waals surface area contributed by atoms with Gasteiger partial charge in [-0.05, 0) is 37.6 Å². The van der Waals surface area contributed by atoms with Crippen LogP contribution in [0.25, 0.3) is 0 Å². The topological polar surface area (TPSA) is 12.0 Å². The molecule has 1 atom stereocenters. The normalized spacial score (nSPS) is 14.2. The van der Waals surface area contributed by atoms with Gasteiger partial charge in [0.25, 0.3) is 0 Å². The number of hydrogen-bond donors (Lipinski definition) is 1. The number of nitrogens with one attached hydrogen (secondary N) is 1. The molecule has 0 amide bonds. The molecule has 0 radical (unpaired) electrons. The van der Waals surface area contributed by atoms with Gasteiger partial charge in [-0.15, -0.1) is 0 Å². The molecular formula is C14H31N. The highest BCUT2D eigenvalue weighted by atomic mass is 14.9. The molecular weight excluding hydrogens is 182 g/mol. The zero-order valence-corrected chi connectivity index (χ0v) is 11.6. The molecule has 0 saturated carbocycles. The van der Waals surface area contributed by atoms with Gasteiger partial charge in [0.15, 0.2) is 0 Å². The molecule has 1 nitrogen and oxygen atoms in total. The average Bonchev–Trinajstić information content (AvgIpc) is 2.13. The lowest BCUT2D eigenvalue weighted by Crippen LogP contribution is -2.35. The maximum atomic E-state index is 3.68. The maximum absolute atomic E-state index is 3.68. The minimum Gasteiger partial charge on any atom is -0.314 e. The second-order valence-corrected chi connectivity index (χ2v) is 5.60. The van der Waals surface area contributed by atoms with Gasteiger partial charge in [-0.3, -0.25) is 0 Å². The van der Waals surface area contributed by atoms with Gasteiger partial charge in [0.1, 0.15) is 0 Å². The van der Waals surface area contributed by atoms with Crippen LogP contribution >= 0.6 is 0 Å². The van der Waals surface area contributed by atoms with Crippen molar-refractivity contribution in [2.45, 2.75) is 66.8 Å². The second kappa shape index (κ2) is 8.15. The summed E-state index contributed by atoms with van der Waals surface area (Å²) in [6.07, 6.45) is 3.98. The van der Waals surface area contributed by atoms with Crippen LogP contribution in [0.2, 0.25) is 0 Å². The maximum Gasteiger partial charge on any atom is 0.00388 e. The Balaban J connectivity index is 3.78. The van der Waals surface area contributed by atoms with Crippen molar-refractivity contribution in [1.82, 2.24) is 5.32 Å². The van der Waals surface area contributed by atoms with Gasteiger partial charge < -0.3 is 5.32 Å². The Bertz CT molecular complexity index is 132. The van der Waals surface area contributed by atoms with Crippen LogP contribution < -0.4 is 5.32 Å².